The van der Waals surface area contributed by atoms with Crippen molar-refractivity contribution in [2.75, 3.05) is 24.5 Å². The average Bonchev–Trinajstić information content (AvgIpc) is 3.07. The first-order chi connectivity index (χ1) is 11.2. The number of carbonyl (C=O) groups excluding carboxylic acids is 1. The van der Waals surface area contributed by atoms with Gasteiger partial charge in [0.05, 0.1) is 4.90 Å². The van der Waals surface area contributed by atoms with Crippen LogP contribution in [-0.4, -0.2) is 44.3 Å². The minimum atomic E-state index is -3.52. The summed E-state index contributed by atoms with van der Waals surface area (Å²) in [7, 11) is -3.52. The minimum absolute atomic E-state index is 0.0184. The Morgan fingerprint density at radius 2 is 2.12 bits per heavy atom. The van der Waals surface area contributed by atoms with Crippen molar-refractivity contribution in [3.63, 3.8) is 0 Å². The molecule has 2 aliphatic heterocycles. The van der Waals surface area contributed by atoms with Gasteiger partial charge in [0, 0.05) is 31.7 Å². The largest absolute Gasteiger partial charge is 0.330 e. The molecule has 1 amide bonds. The van der Waals surface area contributed by atoms with Crippen molar-refractivity contribution in [3.8, 4) is 0 Å². The maximum Gasteiger partial charge on any atom is 0.243 e. The summed E-state index contributed by atoms with van der Waals surface area (Å²) in [6, 6.07) is 5.15. The topological polar surface area (TPSA) is 83.7 Å². The van der Waals surface area contributed by atoms with Crippen molar-refractivity contribution >= 4 is 21.6 Å². The van der Waals surface area contributed by atoms with E-state index in [1.54, 1.807) is 23.1 Å². The normalized spacial score (nSPS) is 27.5. The molecule has 2 N–H and O–H groups in total. The third kappa shape index (κ3) is 2.74. The predicted octanol–water partition coefficient (Wildman–Crippen LogP) is 1.34. The molecule has 3 rings (SSSR count). The Kier molecular flexibility index (Phi) is 4.22. The summed E-state index contributed by atoms with van der Waals surface area (Å²) in [4.78, 5) is 13.8. The van der Waals surface area contributed by atoms with E-state index in [2.05, 4.69) is 0 Å². The van der Waals surface area contributed by atoms with Crippen LogP contribution in [0.5, 0.6) is 0 Å². The molecular formula is C17H25N3O3S. The molecule has 1 saturated heterocycles. The van der Waals surface area contributed by atoms with Gasteiger partial charge in [0.1, 0.15) is 0 Å². The number of benzene rings is 1. The number of rotatable bonds is 3. The first-order valence-corrected chi connectivity index (χ1v) is 9.75. The summed E-state index contributed by atoms with van der Waals surface area (Å²) in [5.74, 6) is -0.0184. The van der Waals surface area contributed by atoms with Gasteiger partial charge >= 0.3 is 0 Å². The number of fused-ring (bicyclic) bond motifs is 1. The fraction of sp³-hybridized carbons (Fsp3) is 0.588. The Balaban J connectivity index is 1.92. The van der Waals surface area contributed by atoms with Gasteiger partial charge in [0.15, 0.2) is 0 Å². The Labute approximate surface area is 143 Å². The quantitative estimate of drug-likeness (QED) is 0.891. The van der Waals surface area contributed by atoms with Crippen molar-refractivity contribution < 1.29 is 13.2 Å². The first-order valence-electron chi connectivity index (χ1n) is 8.31. The molecule has 24 heavy (non-hydrogen) atoms. The zero-order valence-corrected chi connectivity index (χ0v) is 15.3. The van der Waals surface area contributed by atoms with Crippen LogP contribution >= 0.6 is 0 Å². The Morgan fingerprint density at radius 3 is 2.71 bits per heavy atom. The summed E-state index contributed by atoms with van der Waals surface area (Å²) in [5, 5.41) is 0. The number of hydrogen-bond donors (Lipinski definition) is 1. The SMILES string of the molecule is CC(=O)N1c2ccc(S(=O)(=O)N3CCC(C)(CN)C3)cc2CC1C. The van der Waals surface area contributed by atoms with E-state index < -0.39 is 10.0 Å². The van der Waals surface area contributed by atoms with Crippen molar-refractivity contribution in [2.45, 2.75) is 44.6 Å². The van der Waals surface area contributed by atoms with Gasteiger partial charge in [-0.3, -0.25) is 4.79 Å². The lowest BCUT2D eigenvalue weighted by Gasteiger charge is -2.23. The number of hydrogen-bond acceptors (Lipinski definition) is 4. The van der Waals surface area contributed by atoms with E-state index in [0.29, 0.717) is 31.0 Å². The molecule has 1 fully saturated rings. The van der Waals surface area contributed by atoms with E-state index in [1.165, 1.54) is 11.2 Å². The summed E-state index contributed by atoms with van der Waals surface area (Å²) in [6.07, 6.45) is 1.46. The molecular weight excluding hydrogens is 326 g/mol. The van der Waals surface area contributed by atoms with Crippen LogP contribution in [-0.2, 0) is 21.2 Å². The van der Waals surface area contributed by atoms with Crippen LogP contribution in [0.2, 0.25) is 0 Å². The van der Waals surface area contributed by atoms with Crippen LogP contribution in [0.25, 0.3) is 0 Å². The van der Waals surface area contributed by atoms with E-state index in [-0.39, 0.29) is 17.4 Å². The second-order valence-corrected chi connectivity index (χ2v) is 9.27. The maximum absolute atomic E-state index is 12.9. The Hall–Kier alpha value is -1.44. The van der Waals surface area contributed by atoms with Gasteiger partial charge in [-0.2, -0.15) is 4.31 Å². The molecule has 0 bridgehead atoms. The monoisotopic (exact) mass is 351 g/mol. The molecule has 0 aromatic heterocycles. The van der Waals surface area contributed by atoms with Gasteiger partial charge in [-0.05, 0) is 55.5 Å². The lowest BCUT2D eigenvalue weighted by atomic mass is 9.90. The Bertz CT molecular complexity index is 777. The summed E-state index contributed by atoms with van der Waals surface area (Å²) < 4.78 is 27.4. The highest BCUT2D eigenvalue weighted by atomic mass is 32.2. The Morgan fingerprint density at radius 1 is 1.42 bits per heavy atom. The molecule has 1 aromatic carbocycles. The molecule has 0 spiro atoms. The fourth-order valence-electron chi connectivity index (χ4n) is 3.75. The van der Waals surface area contributed by atoms with Crippen LogP contribution in [0, 0.1) is 5.41 Å². The third-order valence-electron chi connectivity index (χ3n) is 5.26. The average molecular weight is 351 g/mol. The van der Waals surface area contributed by atoms with E-state index in [9.17, 15) is 13.2 Å². The lowest BCUT2D eigenvalue weighted by Crippen LogP contribution is -2.34. The third-order valence-corrected chi connectivity index (χ3v) is 7.10. The van der Waals surface area contributed by atoms with Crippen molar-refractivity contribution in [2.24, 2.45) is 11.1 Å². The van der Waals surface area contributed by atoms with E-state index in [4.69, 9.17) is 5.73 Å². The number of nitrogens with zero attached hydrogens (tertiary/aromatic N) is 2. The van der Waals surface area contributed by atoms with Gasteiger partial charge in [-0.25, -0.2) is 8.42 Å². The molecule has 0 radical (unpaired) electrons. The highest BCUT2D eigenvalue weighted by Gasteiger charge is 2.39. The van der Waals surface area contributed by atoms with Gasteiger partial charge in [0.25, 0.3) is 0 Å². The lowest BCUT2D eigenvalue weighted by molar-refractivity contribution is -0.116. The molecule has 2 unspecified atom stereocenters. The molecule has 6 nitrogen and oxygen atoms in total. The second-order valence-electron chi connectivity index (χ2n) is 7.34. The minimum Gasteiger partial charge on any atom is -0.330 e. The van der Waals surface area contributed by atoms with Crippen molar-refractivity contribution in [3.05, 3.63) is 23.8 Å². The smallest absolute Gasteiger partial charge is 0.243 e. The number of sulfonamides is 1. The molecule has 2 heterocycles. The number of anilines is 1. The molecule has 0 aliphatic carbocycles. The molecule has 132 valence electrons. The number of nitrogens with two attached hydrogens (primary N) is 1. The first kappa shape index (κ1) is 17.4. The molecule has 1 aromatic rings. The fourth-order valence-corrected chi connectivity index (χ4v) is 5.39. The highest BCUT2D eigenvalue weighted by Crippen LogP contribution is 2.36. The van der Waals surface area contributed by atoms with Crippen LogP contribution in [0.1, 0.15) is 32.8 Å². The zero-order chi connectivity index (χ0) is 17.7. The van der Waals surface area contributed by atoms with Crippen LogP contribution in [0.3, 0.4) is 0 Å². The molecule has 0 saturated carbocycles. The van der Waals surface area contributed by atoms with Crippen LogP contribution < -0.4 is 10.6 Å². The predicted molar refractivity (Wildman–Crippen MR) is 93.3 cm³/mol. The molecule has 2 atom stereocenters. The molecule has 7 heteroatoms. The maximum atomic E-state index is 12.9. The zero-order valence-electron chi connectivity index (χ0n) is 14.4. The highest BCUT2D eigenvalue weighted by molar-refractivity contribution is 7.89. The molecule has 2 aliphatic rings. The van der Waals surface area contributed by atoms with Crippen molar-refractivity contribution in [1.82, 2.24) is 4.31 Å². The standard InChI is InChI=1S/C17H25N3O3S/c1-12-8-14-9-15(4-5-16(14)20(12)13(2)21)24(22,23)19-7-6-17(3,10-18)11-19/h4-5,9,12H,6-8,10-11,18H2,1-3H3. The number of amides is 1. The van der Waals surface area contributed by atoms with Gasteiger partial charge in [-0.1, -0.05) is 6.92 Å². The van der Waals surface area contributed by atoms with E-state index in [0.717, 1.165) is 17.7 Å². The van der Waals surface area contributed by atoms with Crippen LogP contribution in [0.15, 0.2) is 23.1 Å². The van der Waals surface area contributed by atoms with Gasteiger partial charge < -0.3 is 10.6 Å². The van der Waals surface area contributed by atoms with Crippen LogP contribution in [0.4, 0.5) is 5.69 Å². The van der Waals surface area contributed by atoms with E-state index >= 15 is 0 Å². The summed E-state index contributed by atoms with van der Waals surface area (Å²) >= 11 is 0. The summed E-state index contributed by atoms with van der Waals surface area (Å²) in [5.41, 5.74) is 7.37. The van der Waals surface area contributed by atoms with E-state index in [1.807, 2.05) is 13.8 Å². The van der Waals surface area contributed by atoms with Gasteiger partial charge in [0.2, 0.25) is 15.9 Å². The van der Waals surface area contributed by atoms with Gasteiger partial charge in [-0.15, -0.1) is 0 Å². The van der Waals surface area contributed by atoms with Crippen molar-refractivity contribution in [1.29, 1.82) is 0 Å². The second kappa shape index (κ2) is 5.82. The number of carbonyl (C=O) groups is 1. The summed E-state index contributed by atoms with van der Waals surface area (Å²) in [6.45, 7) is 6.98.